The SMILES string of the molecule is COC(=O)C1CNCC12COC2.Cl. The lowest BCUT2D eigenvalue weighted by molar-refractivity contribution is -0.167. The number of rotatable bonds is 1. The normalized spacial score (nSPS) is 29.2. The Balaban J connectivity index is 0.000000845. The molecule has 0 aliphatic carbocycles. The quantitative estimate of drug-likeness (QED) is 0.606. The molecule has 76 valence electrons. The third-order valence-corrected chi connectivity index (χ3v) is 2.83. The molecular weight excluding hydrogens is 194 g/mol. The van der Waals surface area contributed by atoms with Crippen LogP contribution in [0.1, 0.15) is 0 Å². The number of esters is 1. The Bertz CT molecular complexity index is 206. The fourth-order valence-corrected chi connectivity index (χ4v) is 1.95. The van der Waals surface area contributed by atoms with E-state index in [4.69, 9.17) is 9.47 Å². The Morgan fingerprint density at radius 3 is 2.77 bits per heavy atom. The van der Waals surface area contributed by atoms with E-state index in [1.54, 1.807) is 0 Å². The molecule has 0 bridgehead atoms. The molecule has 4 nitrogen and oxygen atoms in total. The second-order valence-corrected chi connectivity index (χ2v) is 3.56. The van der Waals surface area contributed by atoms with Gasteiger partial charge in [0.15, 0.2) is 0 Å². The second kappa shape index (κ2) is 3.82. The van der Waals surface area contributed by atoms with Crippen molar-refractivity contribution in [2.24, 2.45) is 11.3 Å². The molecule has 5 heteroatoms. The van der Waals surface area contributed by atoms with Crippen LogP contribution >= 0.6 is 12.4 Å². The van der Waals surface area contributed by atoms with Crippen molar-refractivity contribution in [3.05, 3.63) is 0 Å². The molecule has 0 aromatic carbocycles. The maximum atomic E-state index is 11.3. The van der Waals surface area contributed by atoms with Gasteiger partial charge in [-0.05, 0) is 0 Å². The maximum absolute atomic E-state index is 11.3. The van der Waals surface area contributed by atoms with Gasteiger partial charge in [-0.1, -0.05) is 0 Å². The number of nitrogens with one attached hydrogen (secondary N) is 1. The number of hydrogen-bond acceptors (Lipinski definition) is 4. The lowest BCUT2D eigenvalue weighted by Gasteiger charge is -2.40. The molecule has 2 aliphatic rings. The van der Waals surface area contributed by atoms with E-state index in [1.165, 1.54) is 7.11 Å². The topological polar surface area (TPSA) is 47.6 Å². The fourth-order valence-electron chi connectivity index (χ4n) is 1.95. The van der Waals surface area contributed by atoms with Gasteiger partial charge in [-0.2, -0.15) is 0 Å². The van der Waals surface area contributed by atoms with Gasteiger partial charge < -0.3 is 14.8 Å². The van der Waals surface area contributed by atoms with Crippen LogP contribution in [0.15, 0.2) is 0 Å². The lowest BCUT2D eigenvalue weighted by atomic mass is 9.76. The third kappa shape index (κ3) is 1.54. The van der Waals surface area contributed by atoms with Crippen molar-refractivity contribution in [2.75, 3.05) is 33.4 Å². The summed E-state index contributed by atoms with van der Waals surface area (Å²) in [6.45, 7) is 3.00. The molecule has 0 saturated carbocycles. The van der Waals surface area contributed by atoms with Crippen molar-refractivity contribution in [1.82, 2.24) is 5.32 Å². The van der Waals surface area contributed by atoms with E-state index in [2.05, 4.69) is 5.32 Å². The summed E-state index contributed by atoms with van der Waals surface area (Å²) in [4.78, 5) is 11.3. The van der Waals surface area contributed by atoms with Crippen LogP contribution in [0, 0.1) is 11.3 Å². The van der Waals surface area contributed by atoms with Crippen molar-refractivity contribution in [1.29, 1.82) is 0 Å². The van der Waals surface area contributed by atoms with Crippen molar-refractivity contribution >= 4 is 18.4 Å². The molecule has 13 heavy (non-hydrogen) atoms. The Morgan fingerprint density at radius 1 is 1.62 bits per heavy atom. The first-order valence-corrected chi connectivity index (χ1v) is 4.15. The van der Waals surface area contributed by atoms with E-state index in [0.29, 0.717) is 13.2 Å². The molecule has 0 radical (unpaired) electrons. The van der Waals surface area contributed by atoms with Crippen molar-refractivity contribution in [3.8, 4) is 0 Å². The third-order valence-electron chi connectivity index (χ3n) is 2.83. The lowest BCUT2D eigenvalue weighted by Crippen LogP contribution is -2.51. The molecule has 0 aromatic rings. The highest BCUT2D eigenvalue weighted by molar-refractivity contribution is 5.85. The zero-order chi connectivity index (χ0) is 8.60. The minimum Gasteiger partial charge on any atom is -0.469 e. The number of carbonyl (C=O) groups excluding carboxylic acids is 1. The summed E-state index contributed by atoms with van der Waals surface area (Å²) in [5, 5.41) is 3.20. The Morgan fingerprint density at radius 2 is 2.31 bits per heavy atom. The van der Waals surface area contributed by atoms with Crippen LogP contribution in [-0.2, 0) is 14.3 Å². The predicted molar refractivity (Wildman–Crippen MR) is 48.9 cm³/mol. The molecule has 1 N–H and O–H groups in total. The van der Waals surface area contributed by atoms with Crippen LogP contribution in [0.5, 0.6) is 0 Å². The van der Waals surface area contributed by atoms with Crippen molar-refractivity contribution < 1.29 is 14.3 Å². The van der Waals surface area contributed by atoms with Gasteiger partial charge in [0.25, 0.3) is 0 Å². The minimum atomic E-state index is -0.108. The summed E-state index contributed by atoms with van der Waals surface area (Å²) in [6.07, 6.45) is 0. The standard InChI is InChI=1S/C8H13NO3.ClH/c1-11-7(10)6-2-9-3-8(6)4-12-5-8;/h6,9H,2-5H2,1H3;1H. The molecule has 2 rings (SSSR count). The van der Waals surface area contributed by atoms with Crippen LogP contribution in [-0.4, -0.2) is 39.4 Å². The van der Waals surface area contributed by atoms with E-state index < -0.39 is 0 Å². The smallest absolute Gasteiger partial charge is 0.310 e. The van der Waals surface area contributed by atoms with E-state index in [-0.39, 0.29) is 29.7 Å². The summed E-state index contributed by atoms with van der Waals surface area (Å²) in [7, 11) is 1.44. The van der Waals surface area contributed by atoms with Gasteiger partial charge in [0, 0.05) is 18.5 Å². The van der Waals surface area contributed by atoms with Gasteiger partial charge in [-0.15, -0.1) is 12.4 Å². The maximum Gasteiger partial charge on any atom is 0.310 e. The van der Waals surface area contributed by atoms with Crippen molar-refractivity contribution in [2.45, 2.75) is 0 Å². The van der Waals surface area contributed by atoms with Crippen LogP contribution in [0.2, 0.25) is 0 Å². The molecule has 2 aliphatic heterocycles. The Hall–Kier alpha value is -0.320. The molecule has 1 atom stereocenters. The zero-order valence-electron chi connectivity index (χ0n) is 7.54. The van der Waals surface area contributed by atoms with Gasteiger partial charge in [0.2, 0.25) is 0 Å². The first-order valence-electron chi connectivity index (χ1n) is 4.15. The number of hydrogen-bond donors (Lipinski definition) is 1. The van der Waals surface area contributed by atoms with Gasteiger partial charge >= 0.3 is 5.97 Å². The molecule has 1 unspecified atom stereocenters. The zero-order valence-corrected chi connectivity index (χ0v) is 8.36. The Labute approximate surface area is 83.4 Å². The fraction of sp³-hybridized carbons (Fsp3) is 0.875. The molecule has 2 saturated heterocycles. The summed E-state index contributed by atoms with van der Waals surface area (Å²) in [5.74, 6) is -0.112. The minimum absolute atomic E-state index is 0. The van der Waals surface area contributed by atoms with Crippen LogP contribution in [0.3, 0.4) is 0 Å². The molecule has 1 spiro atoms. The van der Waals surface area contributed by atoms with Crippen LogP contribution in [0.4, 0.5) is 0 Å². The average Bonchev–Trinajstić information content (AvgIpc) is 2.45. The highest BCUT2D eigenvalue weighted by Crippen LogP contribution is 2.39. The number of ether oxygens (including phenoxy) is 2. The molecular formula is C8H14ClNO3. The highest BCUT2D eigenvalue weighted by Gasteiger charge is 2.52. The van der Waals surface area contributed by atoms with Gasteiger partial charge in [0.05, 0.1) is 26.2 Å². The van der Waals surface area contributed by atoms with E-state index in [9.17, 15) is 4.79 Å². The molecule has 0 aromatic heterocycles. The molecule has 2 heterocycles. The monoisotopic (exact) mass is 207 g/mol. The molecule has 0 amide bonds. The number of methoxy groups -OCH3 is 1. The number of halogens is 1. The number of carbonyl (C=O) groups is 1. The van der Waals surface area contributed by atoms with E-state index in [1.807, 2.05) is 0 Å². The second-order valence-electron chi connectivity index (χ2n) is 3.56. The average molecular weight is 208 g/mol. The Kier molecular flexibility index (Phi) is 3.16. The van der Waals surface area contributed by atoms with Crippen molar-refractivity contribution in [3.63, 3.8) is 0 Å². The summed E-state index contributed by atoms with van der Waals surface area (Å²) in [5.41, 5.74) is 0.0487. The van der Waals surface area contributed by atoms with Crippen LogP contribution in [0.25, 0.3) is 0 Å². The van der Waals surface area contributed by atoms with Gasteiger partial charge in [-0.25, -0.2) is 0 Å². The van der Waals surface area contributed by atoms with Gasteiger partial charge in [-0.3, -0.25) is 4.79 Å². The first-order chi connectivity index (χ1) is 5.78. The summed E-state index contributed by atoms with van der Waals surface area (Å²) >= 11 is 0. The summed E-state index contributed by atoms with van der Waals surface area (Å²) < 4.78 is 9.87. The van der Waals surface area contributed by atoms with E-state index >= 15 is 0 Å². The van der Waals surface area contributed by atoms with Gasteiger partial charge in [0.1, 0.15) is 0 Å². The largest absolute Gasteiger partial charge is 0.469 e. The van der Waals surface area contributed by atoms with Crippen LogP contribution < -0.4 is 5.32 Å². The summed E-state index contributed by atoms with van der Waals surface area (Å²) in [6, 6.07) is 0. The predicted octanol–water partition coefficient (Wildman–Crippen LogP) is -0.183. The highest BCUT2D eigenvalue weighted by atomic mass is 35.5. The molecule has 2 fully saturated rings. The van der Waals surface area contributed by atoms with E-state index in [0.717, 1.165) is 13.1 Å². The first kappa shape index (κ1) is 10.8.